The molecule has 0 aliphatic carbocycles. The molecule has 0 aliphatic heterocycles. The minimum atomic E-state index is -4.11. The zero-order valence-electron chi connectivity index (χ0n) is 5.36. The van der Waals surface area contributed by atoms with Crippen molar-refractivity contribution in [3.05, 3.63) is 29.3 Å². The van der Waals surface area contributed by atoms with Gasteiger partial charge in [0.1, 0.15) is 0 Å². The topological polar surface area (TPSA) is 54.4 Å². The molecule has 0 bridgehead atoms. The van der Waals surface area contributed by atoms with E-state index in [1.165, 1.54) is 24.3 Å². The Balaban J connectivity index is 0.00000121. The quantitative estimate of drug-likeness (QED) is 0.591. The molecule has 12 heavy (non-hydrogen) atoms. The molecule has 0 heterocycles. The molecule has 0 fully saturated rings. The monoisotopic (exact) mass is 264 g/mol. The van der Waals surface area contributed by atoms with E-state index in [0.717, 1.165) is 0 Å². The summed E-state index contributed by atoms with van der Waals surface area (Å²) in [7, 11) is -4.11. The van der Waals surface area contributed by atoms with E-state index in [9.17, 15) is 8.42 Å². The van der Waals surface area contributed by atoms with Crippen molar-refractivity contribution in [2.45, 2.75) is 4.90 Å². The van der Waals surface area contributed by atoms with Gasteiger partial charge in [-0.3, -0.25) is 4.55 Å². The van der Waals surface area contributed by atoms with Crippen molar-refractivity contribution in [2.75, 3.05) is 0 Å². The van der Waals surface area contributed by atoms with Crippen LogP contribution in [0, 0.1) is 0 Å². The van der Waals surface area contributed by atoms with Gasteiger partial charge >= 0.3 is 19.8 Å². The van der Waals surface area contributed by atoms with E-state index < -0.39 is 10.1 Å². The number of benzene rings is 1. The molecule has 6 heteroatoms. The van der Waals surface area contributed by atoms with Crippen LogP contribution in [0.1, 0.15) is 0 Å². The molecule has 0 amide bonds. The third-order valence-corrected chi connectivity index (χ3v) is 2.18. The average molecular weight is 265 g/mol. The van der Waals surface area contributed by atoms with Crippen LogP contribution in [-0.2, 0) is 10.1 Å². The molecule has 1 aromatic carbocycles. The summed E-state index contributed by atoms with van der Waals surface area (Å²) in [4.78, 5) is -0.190. The van der Waals surface area contributed by atoms with Gasteiger partial charge in [-0.2, -0.15) is 8.42 Å². The molecule has 0 aliphatic rings. The van der Waals surface area contributed by atoms with E-state index in [2.05, 4.69) is 0 Å². The minimum absolute atomic E-state index is 0. The van der Waals surface area contributed by atoms with Crippen molar-refractivity contribution < 1.29 is 13.0 Å². The number of halogens is 1. The molecular formula is C6H8ClGaO3S. The van der Waals surface area contributed by atoms with Crippen LogP contribution in [-0.4, -0.2) is 32.8 Å². The van der Waals surface area contributed by atoms with Crippen LogP contribution in [0.4, 0.5) is 0 Å². The normalized spacial score (nSPS) is 10.5. The van der Waals surface area contributed by atoms with Crippen molar-refractivity contribution in [2.24, 2.45) is 0 Å². The van der Waals surface area contributed by atoms with Crippen molar-refractivity contribution in [3.8, 4) is 0 Å². The molecule has 1 aromatic rings. The molecule has 0 atom stereocenters. The Morgan fingerprint density at radius 2 is 1.92 bits per heavy atom. The van der Waals surface area contributed by atoms with E-state index >= 15 is 0 Å². The zero-order chi connectivity index (χ0) is 8.48. The Hall–Kier alpha value is 0.0564. The second-order valence-corrected chi connectivity index (χ2v) is 3.79. The first-order chi connectivity index (χ1) is 5.00. The van der Waals surface area contributed by atoms with Crippen LogP contribution in [0.3, 0.4) is 0 Å². The summed E-state index contributed by atoms with van der Waals surface area (Å²) in [5.74, 6) is 0. The molecule has 0 spiro atoms. The fraction of sp³-hybridized carbons (Fsp3) is 0. The predicted octanol–water partition coefficient (Wildman–Crippen LogP) is 0.403. The van der Waals surface area contributed by atoms with E-state index in [1.807, 2.05) is 0 Å². The van der Waals surface area contributed by atoms with Crippen molar-refractivity contribution >= 4 is 41.5 Å². The molecule has 66 valence electrons. The summed E-state index contributed by atoms with van der Waals surface area (Å²) in [6.45, 7) is 0. The molecule has 1 N–H and O–H groups in total. The molecule has 1 rings (SSSR count). The van der Waals surface area contributed by atoms with E-state index in [-0.39, 0.29) is 29.7 Å². The van der Waals surface area contributed by atoms with Gasteiger partial charge in [0.15, 0.2) is 0 Å². The van der Waals surface area contributed by atoms with E-state index in [0.29, 0.717) is 0 Å². The first-order valence-corrected chi connectivity index (χ1v) is 4.55. The molecule has 0 saturated carbocycles. The third kappa shape index (κ3) is 3.20. The maximum absolute atomic E-state index is 10.5. The summed E-state index contributed by atoms with van der Waals surface area (Å²) in [5, 5.41) is 0.278. The molecule has 0 saturated heterocycles. The molecular weight excluding hydrogens is 257 g/mol. The van der Waals surface area contributed by atoms with Crippen LogP contribution in [0.25, 0.3) is 0 Å². The van der Waals surface area contributed by atoms with Crippen LogP contribution in [0.15, 0.2) is 29.2 Å². The zero-order valence-corrected chi connectivity index (χ0v) is 6.93. The number of hydrogen-bond acceptors (Lipinski definition) is 2. The van der Waals surface area contributed by atoms with Gasteiger partial charge in [0.25, 0.3) is 10.1 Å². The van der Waals surface area contributed by atoms with E-state index in [4.69, 9.17) is 16.2 Å². The standard InChI is InChI=1S/C6H5ClO3S.Ga.3H/c7-5-2-1-3-6(4-5)11(8,9)10;;;;/h1-4H,(H,8,9,10);;;;. The summed E-state index contributed by atoms with van der Waals surface area (Å²) >= 11 is 5.48. The molecule has 0 aromatic heterocycles. The Morgan fingerprint density at radius 1 is 1.33 bits per heavy atom. The first kappa shape index (κ1) is 12.1. The maximum atomic E-state index is 10.5. The fourth-order valence-electron chi connectivity index (χ4n) is 0.627. The van der Waals surface area contributed by atoms with Crippen molar-refractivity contribution in [3.63, 3.8) is 0 Å². The van der Waals surface area contributed by atoms with Gasteiger partial charge in [-0.1, -0.05) is 17.7 Å². The van der Waals surface area contributed by atoms with Gasteiger partial charge < -0.3 is 0 Å². The van der Waals surface area contributed by atoms with Gasteiger partial charge in [0.05, 0.1) is 4.90 Å². The SMILES string of the molecule is O=S(=O)(O)c1cccc(Cl)c1.[GaH3]. The summed E-state index contributed by atoms with van der Waals surface area (Å²) in [6.07, 6.45) is 0. The van der Waals surface area contributed by atoms with Gasteiger partial charge in [-0.15, -0.1) is 0 Å². The Morgan fingerprint density at radius 3 is 2.25 bits per heavy atom. The van der Waals surface area contributed by atoms with Crippen molar-refractivity contribution in [1.29, 1.82) is 0 Å². The summed E-state index contributed by atoms with van der Waals surface area (Å²) < 4.78 is 29.5. The van der Waals surface area contributed by atoms with E-state index in [1.54, 1.807) is 0 Å². The second-order valence-electron chi connectivity index (χ2n) is 1.93. The summed E-state index contributed by atoms with van der Waals surface area (Å²) in [5.41, 5.74) is 0. The molecule has 3 nitrogen and oxygen atoms in total. The van der Waals surface area contributed by atoms with Crippen LogP contribution < -0.4 is 0 Å². The first-order valence-electron chi connectivity index (χ1n) is 2.73. The number of rotatable bonds is 1. The van der Waals surface area contributed by atoms with Gasteiger partial charge in [0, 0.05) is 5.02 Å². The average Bonchev–Trinajstić information content (AvgIpc) is 1.86. The van der Waals surface area contributed by atoms with Gasteiger partial charge in [-0.25, -0.2) is 0 Å². The summed E-state index contributed by atoms with van der Waals surface area (Å²) in [6, 6.07) is 5.42. The third-order valence-electron chi connectivity index (χ3n) is 1.09. The van der Waals surface area contributed by atoms with Gasteiger partial charge in [-0.05, 0) is 18.2 Å². The fourth-order valence-corrected chi connectivity index (χ4v) is 1.41. The Labute approximate surface area is 88.5 Å². The van der Waals surface area contributed by atoms with Gasteiger partial charge in [0.2, 0.25) is 0 Å². The predicted molar refractivity (Wildman–Crippen MR) is 51.2 cm³/mol. The Bertz CT molecular complexity index is 363. The second kappa shape index (κ2) is 4.34. The van der Waals surface area contributed by atoms with Crippen LogP contribution in [0.2, 0.25) is 5.02 Å². The van der Waals surface area contributed by atoms with Crippen LogP contribution in [0.5, 0.6) is 0 Å². The molecule has 0 radical (unpaired) electrons. The van der Waals surface area contributed by atoms with Crippen molar-refractivity contribution in [1.82, 2.24) is 0 Å². The Kier molecular flexibility index (Phi) is 4.36. The molecule has 0 unspecified atom stereocenters. The van der Waals surface area contributed by atoms with Crippen LogP contribution >= 0.6 is 11.6 Å². The number of hydrogen-bond donors (Lipinski definition) is 1.